The van der Waals surface area contributed by atoms with E-state index >= 15 is 0 Å². The number of benzene rings is 1. The van der Waals surface area contributed by atoms with E-state index in [0.717, 1.165) is 16.6 Å². The molecule has 0 aliphatic heterocycles. The van der Waals surface area contributed by atoms with Crippen LogP contribution in [0.5, 0.6) is 0 Å². The molecule has 2 aromatic rings. The van der Waals surface area contributed by atoms with Crippen LogP contribution in [0.25, 0.3) is 10.9 Å². The number of carbonyl (C=O) groups is 1. The number of nitrogens with one attached hydrogen (secondary N) is 1. The summed E-state index contributed by atoms with van der Waals surface area (Å²) in [4.78, 5) is 18.2. The van der Waals surface area contributed by atoms with Gasteiger partial charge in [0.2, 0.25) is 0 Å². The first-order chi connectivity index (χ1) is 9.65. The van der Waals surface area contributed by atoms with E-state index in [2.05, 4.69) is 10.3 Å². The highest BCUT2D eigenvalue weighted by Crippen LogP contribution is 2.22. The third kappa shape index (κ3) is 3.05. The van der Waals surface area contributed by atoms with Crippen LogP contribution >= 0.6 is 0 Å². The number of aliphatic hydroxyl groups excluding tert-OH is 1. The number of nitrogens with zero attached hydrogens (tertiary/aromatic N) is 2. The molecule has 0 unspecified atom stereocenters. The van der Waals surface area contributed by atoms with Gasteiger partial charge in [0, 0.05) is 24.2 Å². The normalized spacial score (nSPS) is 10.6. The number of amides is 2. The number of aryl methyl sites for hydroxylation is 1. The van der Waals surface area contributed by atoms with Gasteiger partial charge in [0.25, 0.3) is 0 Å². The van der Waals surface area contributed by atoms with Crippen LogP contribution in [0.3, 0.4) is 0 Å². The molecule has 0 atom stereocenters. The molecule has 1 aromatic heterocycles. The molecular weight excluding hydrogens is 254 g/mol. The molecule has 1 aromatic carbocycles. The molecular formula is C15H19N3O2. The number of aliphatic hydroxyl groups is 1. The summed E-state index contributed by atoms with van der Waals surface area (Å²) >= 11 is 0. The van der Waals surface area contributed by atoms with Gasteiger partial charge < -0.3 is 15.3 Å². The maximum Gasteiger partial charge on any atom is 0.321 e. The maximum atomic E-state index is 12.1. The Bertz CT molecular complexity index is 613. The van der Waals surface area contributed by atoms with Crippen molar-refractivity contribution in [3.8, 4) is 0 Å². The van der Waals surface area contributed by atoms with Crippen LogP contribution in [-0.4, -0.2) is 40.7 Å². The van der Waals surface area contributed by atoms with Gasteiger partial charge in [-0.1, -0.05) is 18.2 Å². The summed E-state index contributed by atoms with van der Waals surface area (Å²) in [6.07, 6.45) is 0. The van der Waals surface area contributed by atoms with Crippen LogP contribution in [0.15, 0.2) is 30.3 Å². The predicted octanol–water partition coefficient (Wildman–Crippen LogP) is 2.39. The molecule has 5 nitrogen and oxygen atoms in total. The van der Waals surface area contributed by atoms with Crippen molar-refractivity contribution in [3.05, 3.63) is 36.0 Å². The van der Waals surface area contributed by atoms with Crippen LogP contribution < -0.4 is 5.32 Å². The number of para-hydroxylation sites is 1. The zero-order valence-electron chi connectivity index (χ0n) is 11.8. The van der Waals surface area contributed by atoms with E-state index in [1.165, 1.54) is 0 Å². The highest BCUT2D eigenvalue weighted by molar-refractivity contribution is 5.99. The molecule has 0 saturated carbocycles. The van der Waals surface area contributed by atoms with Crippen molar-refractivity contribution in [2.45, 2.75) is 13.8 Å². The summed E-state index contributed by atoms with van der Waals surface area (Å²) in [5.41, 5.74) is 2.37. The number of carbonyl (C=O) groups excluding carboxylic acids is 1. The maximum absolute atomic E-state index is 12.1. The fourth-order valence-electron chi connectivity index (χ4n) is 2.06. The third-order valence-corrected chi connectivity index (χ3v) is 3.14. The fraction of sp³-hybridized carbons (Fsp3) is 0.333. The second kappa shape index (κ2) is 6.34. The number of anilines is 1. The van der Waals surface area contributed by atoms with Gasteiger partial charge >= 0.3 is 6.03 Å². The third-order valence-electron chi connectivity index (χ3n) is 3.14. The summed E-state index contributed by atoms with van der Waals surface area (Å²) in [5, 5.41) is 12.8. The molecule has 1 heterocycles. The molecule has 0 spiro atoms. The second-order valence-corrected chi connectivity index (χ2v) is 4.56. The number of likely N-dealkylation sites (N-methyl/N-ethyl adjacent to an activating group) is 1. The monoisotopic (exact) mass is 273 g/mol. The van der Waals surface area contributed by atoms with Crippen molar-refractivity contribution < 1.29 is 9.90 Å². The van der Waals surface area contributed by atoms with Crippen LogP contribution in [0.2, 0.25) is 0 Å². The number of fused-ring (bicyclic) bond motifs is 1. The van der Waals surface area contributed by atoms with E-state index in [-0.39, 0.29) is 12.6 Å². The largest absolute Gasteiger partial charge is 0.395 e. The molecule has 0 fully saturated rings. The number of hydrogen-bond acceptors (Lipinski definition) is 3. The molecule has 2 N–H and O–H groups in total. The standard InChI is InChI=1S/C15H19N3O2/c1-3-18(9-10-19)15(20)17-13-6-4-5-12-8-7-11(2)16-14(12)13/h4-8,19H,3,9-10H2,1-2H3,(H,17,20). The van der Waals surface area contributed by atoms with Gasteiger partial charge in [0.1, 0.15) is 0 Å². The first-order valence-corrected chi connectivity index (χ1v) is 6.69. The first kappa shape index (κ1) is 14.3. The highest BCUT2D eigenvalue weighted by atomic mass is 16.3. The van der Waals surface area contributed by atoms with Gasteiger partial charge in [-0.15, -0.1) is 0 Å². The Balaban J connectivity index is 2.29. The Kier molecular flexibility index (Phi) is 4.53. The van der Waals surface area contributed by atoms with Crippen LogP contribution in [0.4, 0.5) is 10.5 Å². The van der Waals surface area contributed by atoms with Crippen LogP contribution in [0, 0.1) is 6.92 Å². The second-order valence-electron chi connectivity index (χ2n) is 4.56. The molecule has 0 aliphatic carbocycles. The van der Waals surface area contributed by atoms with Gasteiger partial charge in [-0.2, -0.15) is 0 Å². The molecule has 0 bridgehead atoms. The topological polar surface area (TPSA) is 65.5 Å². The molecule has 20 heavy (non-hydrogen) atoms. The first-order valence-electron chi connectivity index (χ1n) is 6.69. The lowest BCUT2D eigenvalue weighted by Gasteiger charge is -2.20. The predicted molar refractivity (Wildman–Crippen MR) is 79.8 cm³/mol. The average molecular weight is 273 g/mol. The Morgan fingerprint density at radius 2 is 2.15 bits per heavy atom. The lowest BCUT2D eigenvalue weighted by molar-refractivity contribution is 0.192. The van der Waals surface area contributed by atoms with E-state index in [0.29, 0.717) is 18.8 Å². The van der Waals surface area contributed by atoms with Crippen molar-refractivity contribution in [1.29, 1.82) is 0 Å². The van der Waals surface area contributed by atoms with Crippen LogP contribution in [-0.2, 0) is 0 Å². The number of urea groups is 1. The SMILES string of the molecule is CCN(CCO)C(=O)Nc1cccc2ccc(C)nc12. The number of rotatable bonds is 4. The zero-order valence-corrected chi connectivity index (χ0v) is 11.8. The molecule has 0 radical (unpaired) electrons. The van der Waals surface area contributed by atoms with Gasteiger partial charge in [0.05, 0.1) is 17.8 Å². The summed E-state index contributed by atoms with van der Waals surface area (Å²) < 4.78 is 0. The van der Waals surface area contributed by atoms with E-state index in [1.54, 1.807) is 4.90 Å². The van der Waals surface area contributed by atoms with Gasteiger partial charge in [-0.3, -0.25) is 4.98 Å². The summed E-state index contributed by atoms with van der Waals surface area (Å²) in [6.45, 7) is 4.61. The molecule has 5 heteroatoms. The lowest BCUT2D eigenvalue weighted by Crippen LogP contribution is -2.36. The number of hydrogen-bond donors (Lipinski definition) is 2. The quantitative estimate of drug-likeness (QED) is 0.899. The van der Waals surface area contributed by atoms with E-state index in [4.69, 9.17) is 5.11 Å². The van der Waals surface area contributed by atoms with Crippen molar-refractivity contribution in [2.24, 2.45) is 0 Å². The van der Waals surface area contributed by atoms with Crippen molar-refractivity contribution in [3.63, 3.8) is 0 Å². The summed E-state index contributed by atoms with van der Waals surface area (Å²) in [6, 6.07) is 9.38. The summed E-state index contributed by atoms with van der Waals surface area (Å²) in [7, 11) is 0. The van der Waals surface area contributed by atoms with Gasteiger partial charge in [0.15, 0.2) is 0 Å². The number of pyridine rings is 1. The van der Waals surface area contributed by atoms with Gasteiger partial charge in [-0.05, 0) is 26.0 Å². The van der Waals surface area contributed by atoms with Crippen molar-refractivity contribution >= 4 is 22.6 Å². The van der Waals surface area contributed by atoms with Crippen LogP contribution in [0.1, 0.15) is 12.6 Å². The van der Waals surface area contributed by atoms with Crippen molar-refractivity contribution in [2.75, 3.05) is 25.0 Å². The highest BCUT2D eigenvalue weighted by Gasteiger charge is 2.12. The summed E-state index contributed by atoms with van der Waals surface area (Å²) in [5.74, 6) is 0. The minimum absolute atomic E-state index is 0.0475. The average Bonchev–Trinajstić information content (AvgIpc) is 2.45. The smallest absolute Gasteiger partial charge is 0.321 e. The molecule has 0 saturated heterocycles. The number of aromatic nitrogens is 1. The van der Waals surface area contributed by atoms with E-state index < -0.39 is 0 Å². The minimum Gasteiger partial charge on any atom is -0.395 e. The van der Waals surface area contributed by atoms with Crippen molar-refractivity contribution in [1.82, 2.24) is 9.88 Å². The Morgan fingerprint density at radius 1 is 1.35 bits per heavy atom. The Labute approximate surface area is 118 Å². The van der Waals surface area contributed by atoms with E-state index in [1.807, 2.05) is 44.2 Å². The Hall–Kier alpha value is -2.14. The molecule has 2 rings (SSSR count). The molecule has 0 aliphatic rings. The molecule has 2 amide bonds. The molecule has 106 valence electrons. The van der Waals surface area contributed by atoms with E-state index in [9.17, 15) is 4.79 Å². The minimum atomic E-state index is -0.225. The Morgan fingerprint density at radius 3 is 2.85 bits per heavy atom. The fourth-order valence-corrected chi connectivity index (χ4v) is 2.06. The lowest BCUT2D eigenvalue weighted by atomic mass is 10.2. The zero-order chi connectivity index (χ0) is 14.5. The van der Waals surface area contributed by atoms with Gasteiger partial charge in [-0.25, -0.2) is 4.79 Å².